The van der Waals surface area contributed by atoms with Crippen molar-refractivity contribution in [2.45, 2.75) is 31.7 Å². The molecular weight excluding hydrogens is 522 g/mol. The van der Waals surface area contributed by atoms with E-state index in [9.17, 15) is 4.79 Å². The van der Waals surface area contributed by atoms with Gasteiger partial charge in [0.05, 0.1) is 0 Å². The minimum Gasteiger partial charge on any atom is -1.00 e. The Morgan fingerprint density at radius 3 is 2.30 bits per heavy atom. The Morgan fingerprint density at radius 1 is 1.15 bits per heavy atom. The van der Waals surface area contributed by atoms with Gasteiger partial charge < -0.3 is 40.1 Å². The molecule has 1 atom stereocenters. The molecule has 2 heterocycles. The van der Waals surface area contributed by atoms with Crippen molar-refractivity contribution in [1.82, 2.24) is 10.2 Å². The number of nitrogens with zero attached hydrogens (tertiary/aromatic N) is 2. The van der Waals surface area contributed by atoms with Gasteiger partial charge in [-0.1, -0.05) is 0 Å². The molecule has 4 aliphatic rings. The van der Waals surface area contributed by atoms with E-state index in [0.717, 1.165) is 32.0 Å². The fourth-order valence-electron chi connectivity index (χ4n) is 2.99. The van der Waals surface area contributed by atoms with Crippen LogP contribution >= 0.6 is 0 Å². The number of allylic oxidation sites excluding steroid dienone is 8. The first kappa shape index (κ1) is 26.8. The molecule has 5 nitrogen and oxygen atoms in total. The molecule has 0 bridgehead atoms. The largest absolute Gasteiger partial charge is 1.00 e. The maximum absolute atomic E-state index is 10.7. The number of carboxylic acid groups (broad SMARTS) is 1. The monoisotopic (exact) mass is 542 g/mol. The average Bonchev–Trinajstić information content (AvgIpc) is 3.29. The number of hydrogen-bond acceptors (Lipinski definition) is 4. The van der Waals surface area contributed by atoms with Crippen molar-refractivity contribution in [2.75, 3.05) is 19.6 Å². The molecule has 4 rings (SSSR count). The van der Waals surface area contributed by atoms with Gasteiger partial charge >= 0.3 is 85.1 Å². The summed E-state index contributed by atoms with van der Waals surface area (Å²) >= 11 is -0.312. The van der Waals surface area contributed by atoms with Crippen molar-refractivity contribution in [2.24, 2.45) is 4.99 Å². The Kier molecular flexibility index (Phi) is 13.8. The van der Waals surface area contributed by atoms with Crippen molar-refractivity contribution >= 4 is 31.7 Å². The van der Waals surface area contributed by atoms with Crippen LogP contribution < -0.4 is 30.1 Å². The van der Waals surface area contributed by atoms with E-state index >= 15 is 0 Å². The van der Waals surface area contributed by atoms with Gasteiger partial charge in [0.25, 0.3) is 0 Å². The smallest absolute Gasteiger partial charge is 0.326 e. The number of nitrogens with one attached hydrogen (secondary N) is 1. The van der Waals surface area contributed by atoms with Crippen LogP contribution in [0.3, 0.4) is 0 Å². The quantitative estimate of drug-likeness (QED) is 0.354. The summed E-state index contributed by atoms with van der Waals surface area (Å²) < 4.78 is 3.45. The van der Waals surface area contributed by atoms with Crippen molar-refractivity contribution in [1.29, 1.82) is 0 Å². The molecular formula is C18H23Cl2GaN3O2Zr. The SMILES string of the molecule is C1=CC[C]([Zr+2][C]2=CC=CC2)=C1.O=C(O)C1CCN2CCCN=C2N1.[Cl-].[Cl-].[Ga]. The first-order valence-corrected chi connectivity index (χ1v) is 11.0. The van der Waals surface area contributed by atoms with Gasteiger partial charge in [-0.25, -0.2) is 4.79 Å². The third-order valence-electron chi connectivity index (χ3n) is 4.30. The van der Waals surface area contributed by atoms with E-state index in [4.69, 9.17) is 5.11 Å². The normalized spacial score (nSPS) is 21.3. The van der Waals surface area contributed by atoms with Gasteiger partial charge in [0, 0.05) is 39.4 Å². The molecule has 0 saturated carbocycles. The minimum atomic E-state index is -0.784. The van der Waals surface area contributed by atoms with Crippen LogP contribution in [0, 0.1) is 0 Å². The van der Waals surface area contributed by atoms with Crippen LogP contribution in [-0.2, 0) is 28.0 Å². The van der Waals surface area contributed by atoms with Crippen LogP contribution in [0.1, 0.15) is 25.7 Å². The topological polar surface area (TPSA) is 64.9 Å². The maximum atomic E-state index is 10.7. The van der Waals surface area contributed by atoms with Crippen molar-refractivity contribution in [3.05, 3.63) is 43.0 Å². The molecule has 3 radical (unpaired) electrons. The molecule has 9 heteroatoms. The summed E-state index contributed by atoms with van der Waals surface area (Å²) in [6.07, 6.45) is 17.7. The van der Waals surface area contributed by atoms with E-state index in [-0.39, 0.29) is 67.8 Å². The second-order valence-corrected chi connectivity index (χ2v) is 9.91. The number of fused-ring (bicyclic) bond motifs is 1. The Morgan fingerprint density at radius 2 is 1.78 bits per heavy atom. The van der Waals surface area contributed by atoms with Crippen molar-refractivity contribution in [3.8, 4) is 0 Å². The van der Waals surface area contributed by atoms with E-state index in [1.54, 1.807) is 6.56 Å². The summed E-state index contributed by atoms with van der Waals surface area (Å²) in [5.74, 6) is -0.0159. The first-order valence-electron chi connectivity index (χ1n) is 8.49. The molecule has 2 aliphatic heterocycles. The fraction of sp³-hybridized carbons (Fsp3) is 0.444. The van der Waals surface area contributed by atoms with E-state index in [1.807, 2.05) is 0 Å². The second kappa shape index (κ2) is 13.9. The van der Waals surface area contributed by atoms with Crippen molar-refractivity contribution < 1.29 is 58.0 Å². The van der Waals surface area contributed by atoms with Gasteiger partial charge in [-0.2, -0.15) is 0 Å². The third kappa shape index (κ3) is 8.36. The molecule has 1 saturated heterocycles. The molecule has 0 aromatic carbocycles. The first-order chi connectivity index (χ1) is 11.7. The predicted molar refractivity (Wildman–Crippen MR) is 97.1 cm³/mol. The van der Waals surface area contributed by atoms with Crippen LogP contribution in [0.15, 0.2) is 48.0 Å². The molecule has 1 unspecified atom stereocenters. The van der Waals surface area contributed by atoms with E-state index in [1.165, 1.54) is 12.8 Å². The van der Waals surface area contributed by atoms with E-state index in [2.05, 4.69) is 51.7 Å². The van der Waals surface area contributed by atoms with Gasteiger partial charge in [0.15, 0.2) is 5.96 Å². The standard InChI is InChI=1S/C8H13N3O2.2C5H5.2ClH.Ga.Zr/c12-7(13)6-2-5-11-4-1-3-9-8(11)10-6;2*1-2-4-5-3-1;;;;/h6H,1-5H2,(H,9,10)(H,12,13);2*1-3H,4H2;2*1H;;/q;;;;;;+2/p-2. The number of carbonyl (C=O) groups is 1. The molecule has 0 spiro atoms. The van der Waals surface area contributed by atoms with Gasteiger partial charge in [-0.3, -0.25) is 4.99 Å². The molecule has 143 valence electrons. The zero-order valence-corrected chi connectivity index (χ0v) is 21.5. The van der Waals surface area contributed by atoms with E-state index in [0.29, 0.717) is 6.42 Å². The summed E-state index contributed by atoms with van der Waals surface area (Å²) in [6.45, 7) is 2.62. The van der Waals surface area contributed by atoms with Gasteiger partial charge in [0.2, 0.25) is 0 Å². The number of aliphatic imine (C=N–C) groups is 1. The molecule has 2 N–H and O–H groups in total. The van der Waals surface area contributed by atoms with Crippen LogP contribution in [0.2, 0.25) is 0 Å². The Bertz CT molecular complexity index is 623. The summed E-state index contributed by atoms with van der Waals surface area (Å²) in [4.78, 5) is 17.1. The van der Waals surface area contributed by atoms with Crippen LogP contribution in [0.5, 0.6) is 0 Å². The fourth-order valence-corrected chi connectivity index (χ4v) is 5.97. The molecule has 0 aromatic rings. The Balaban J connectivity index is 0.000000455. The minimum absolute atomic E-state index is 0. The zero-order chi connectivity index (χ0) is 16.8. The van der Waals surface area contributed by atoms with Gasteiger partial charge in [-0.15, -0.1) is 0 Å². The average molecular weight is 545 g/mol. The Hall–Kier alpha value is -0.201. The van der Waals surface area contributed by atoms with Gasteiger partial charge in [0.1, 0.15) is 6.04 Å². The zero-order valence-electron chi connectivity index (χ0n) is 15.1. The van der Waals surface area contributed by atoms with Crippen LogP contribution in [-0.4, -0.2) is 67.4 Å². The molecule has 0 amide bonds. The number of rotatable bonds is 3. The number of halogens is 2. The number of hydrogen-bond donors (Lipinski definition) is 2. The second-order valence-electron chi connectivity index (χ2n) is 6.14. The number of aliphatic carboxylic acids is 1. The molecule has 2 aliphatic carbocycles. The van der Waals surface area contributed by atoms with Crippen molar-refractivity contribution in [3.63, 3.8) is 0 Å². The molecule has 1 fully saturated rings. The predicted octanol–water partition coefficient (Wildman–Crippen LogP) is -4.12. The molecule has 0 aromatic heterocycles. The molecule has 27 heavy (non-hydrogen) atoms. The van der Waals surface area contributed by atoms with Gasteiger partial charge in [-0.05, 0) is 12.8 Å². The third-order valence-corrected chi connectivity index (χ3v) is 7.70. The van der Waals surface area contributed by atoms with Crippen LogP contribution in [0.25, 0.3) is 0 Å². The summed E-state index contributed by atoms with van der Waals surface area (Å²) in [5.41, 5.74) is 0. The Labute approximate surface area is 198 Å². The number of guanidine groups is 1. The number of carboxylic acids is 1. The van der Waals surface area contributed by atoms with E-state index < -0.39 is 12.0 Å². The summed E-state index contributed by atoms with van der Waals surface area (Å²) in [5, 5.41) is 11.7. The summed E-state index contributed by atoms with van der Waals surface area (Å²) in [6, 6.07) is -0.451. The van der Waals surface area contributed by atoms with Crippen LogP contribution in [0.4, 0.5) is 0 Å². The maximum Gasteiger partial charge on any atom is 0.326 e. The summed E-state index contributed by atoms with van der Waals surface area (Å²) in [7, 11) is 0.